The number of aromatic carboxylic acids is 1. The molecule has 2 aromatic heterocycles. The number of carbonyl (C=O) groups excluding carboxylic acids is 2. The highest BCUT2D eigenvalue weighted by atomic mass is 35.5. The Bertz CT molecular complexity index is 1530. The molecule has 39 heavy (non-hydrogen) atoms. The number of benzene rings is 1. The number of nitrogens with two attached hydrogens (primary N) is 1. The van der Waals surface area contributed by atoms with Crippen molar-refractivity contribution >= 4 is 58.2 Å². The van der Waals surface area contributed by atoms with Crippen molar-refractivity contribution in [2.75, 3.05) is 36.9 Å². The summed E-state index contributed by atoms with van der Waals surface area (Å²) in [5, 5.41) is 15.7. The molecule has 2 aliphatic rings. The zero-order valence-electron chi connectivity index (χ0n) is 20.7. The van der Waals surface area contributed by atoms with E-state index in [1.54, 1.807) is 17.9 Å². The Kier molecular flexibility index (Phi) is 7.08. The number of pyridine rings is 1. The summed E-state index contributed by atoms with van der Waals surface area (Å²) in [6, 6.07) is 7.19. The standard InChI is InChI=1S/C26H24ClFN6O5/c1-13-10-20(26(37)38)34(25(22(29)35)33-6-8-39-9-7-33)19(13)12-15-21-18(4-5-30-23(21)32-24(15)36)31-14-2-3-17(28)16(27)11-14/h2-5,10-12,25H,6-9H2,1H3,(H2,29,35)(H,37,38)(H2,30,31,32,36). The molecule has 13 heteroatoms. The molecule has 5 rings (SSSR count). The predicted octanol–water partition coefficient (Wildman–Crippen LogP) is 3.23. The van der Waals surface area contributed by atoms with E-state index in [-0.39, 0.29) is 22.1 Å². The number of nitrogens with one attached hydrogen (secondary N) is 2. The molecule has 1 unspecified atom stereocenters. The molecule has 1 saturated heterocycles. The van der Waals surface area contributed by atoms with Crippen LogP contribution in [0.1, 0.15) is 33.5 Å². The summed E-state index contributed by atoms with van der Waals surface area (Å²) < 4.78 is 20.4. The second-order valence-electron chi connectivity index (χ2n) is 9.05. The van der Waals surface area contributed by atoms with Gasteiger partial charge in [0.25, 0.3) is 11.8 Å². The summed E-state index contributed by atoms with van der Waals surface area (Å²) in [5.41, 5.74) is 8.02. The van der Waals surface area contributed by atoms with Crippen molar-refractivity contribution < 1.29 is 28.6 Å². The van der Waals surface area contributed by atoms with E-state index in [9.17, 15) is 23.9 Å². The van der Waals surface area contributed by atoms with Crippen LogP contribution in [-0.4, -0.2) is 63.6 Å². The van der Waals surface area contributed by atoms with Gasteiger partial charge >= 0.3 is 5.97 Å². The molecule has 1 fully saturated rings. The zero-order chi connectivity index (χ0) is 27.8. The molecule has 0 spiro atoms. The fourth-order valence-electron chi connectivity index (χ4n) is 4.80. The number of halogens is 2. The van der Waals surface area contributed by atoms with Crippen molar-refractivity contribution in [1.82, 2.24) is 14.5 Å². The molecule has 0 bridgehead atoms. The predicted molar refractivity (Wildman–Crippen MR) is 142 cm³/mol. The number of nitrogens with zero attached hydrogens (tertiary/aromatic N) is 3. The van der Waals surface area contributed by atoms with Gasteiger partial charge in [-0.05, 0) is 48.9 Å². The van der Waals surface area contributed by atoms with Gasteiger partial charge in [-0.3, -0.25) is 14.5 Å². The first-order valence-electron chi connectivity index (χ1n) is 12.0. The third-order valence-electron chi connectivity index (χ3n) is 6.56. The van der Waals surface area contributed by atoms with E-state index < -0.39 is 29.8 Å². The van der Waals surface area contributed by atoms with E-state index >= 15 is 0 Å². The maximum atomic E-state index is 13.7. The van der Waals surface area contributed by atoms with Crippen LogP contribution >= 0.6 is 11.6 Å². The van der Waals surface area contributed by atoms with Crippen LogP contribution < -0.4 is 16.4 Å². The average Bonchev–Trinajstić information content (AvgIpc) is 3.39. The lowest BCUT2D eigenvalue weighted by atomic mass is 10.0. The highest BCUT2D eigenvalue weighted by Crippen LogP contribution is 2.39. The van der Waals surface area contributed by atoms with Crippen molar-refractivity contribution in [2.45, 2.75) is 13.1 Å². The molecule has 5 N–H and O–H groups in total. The van der Waals surface area contributed by atoms with Crippen molar-refractivity contribution in [2.24, 2.45) is 5.73 Å². The number of aryl methyl sites for hydroxylation is 1. The normalized spacial score (nSPS) is 17.1. The van der Waals surface area contributed by atoms with Gasteiger partial charge in [0.2, 0.25) is 0 Å². The minimum absolute atomic E-state index is 0.0778. The highest BCUT2D eigenvalue weighted by Gasteiger charge is 2.34. The Morgan fingerprint density at radius 3 is 2.69 bits per heavy atom. The number of amides is 2. The third-order valence-corrected chi connectivity index (χ3v) is 6.85. The number of fused-ring (bicyclic) bond motifs is 1. The van der Waals surface area contributed by atoms with Gasteiger partial charge in [-0.15, -0.1) is 0 Å². The maximum Gasteiger partial charge on any atom is 0.352 e. The van der Waals surface area contributed by atoms with Crippen LogP contribution in [0.5, 0.6) is 0 Å². The molecular formula is C26H24ClFN6O5. The van der Waals surface area contributed by atoms with E-state index in [1.165, 1.54) is 41.1 Å². The van der Waals surface area contributed by atoms with Gasteiger partial charge < -0.3 is 30.8 Å². The molecule has 1 aromatic carbocycles. The van der Waals surface area contributed by atoms with Crippen LogP contribution in [0.15, 0.2) is 36.5 Å². The number of carbonyl (C=O) groups is 3. The summed E-state index contributed by atoms with van der Waals surface area (Å²) in [7, 11) is 0. The van der Waals surface area contributed by atoms with E-state index in [4.69, 9.17) is 22.1 Å². The quantitative estimate of drug-likeness (QED) is 0.325. The Balaban J connectivity index is 1.65. The molecule has 0 aliphatic carbocycles. The van der Waals surface area contributed by atoms with Crippen LogP contribution in [-0.2, 0) is 14.3 Å². The number of hydrogen-bond donors (Lipinski definition) is 4. The minimum Gasteiger partial charge on any atom is -0.477 e. The number of morpholine rings is 1. The number of anilines is 3. The van der Waals surface area contributed by atoms with Crippen molar-refractivity contribution in [3.8, 4) is 0 Å². The Labute approximate surface area is 227 Å². The monoisotopic (exact) mass is 554 g/mol. The number of carboxylic acids is 1. The number of aromatic nitrogens is 2. The first-order valence-corrected chi connectivity index (χ1v) is 12.3. The first-order chi connectivity index (χ1) is 18.7. The number of hydrogen-bond acceptors (Lipinski definition) is 7. The van der Waals surface area contributed by atoms with E-state index in [0.717, 1.165) is 0 Å². The largest absolute Gasteiger partial charge is 0.477 e. The molecule has 2 aliphatic heterocycles. The minimum atomic E-state index is -1.25. The molecule has 4 heterocycles. The Hall–Kier alpha value is -4.26. The van der Waals surface area contributed by atoms with E-state index in [1.807, 2.05) is 0 Å². The fraction of sp³-hybridized carbons (Fsp3) is 0.231. The van der Waals surface area contributed by atoms with Gasteiger partial charge in [0.05, 0.1) is 35.1 Å². The summed E-state index contributed by atoms with van der Waals surface area (Å²) in [4.78, 5) is 44.1. The Morgan fingerprint density at radius 2 is 2.03 bits per heavy atom. The molecule has 1 atom stereocenters. The van der Waals surface area contributed by atoms with Crippen LogP contribution in [0.2, 0.25) is 5.02 Å². The third kappa shape index (κ3) is 4.97. The highest BCUT2D eigenvalue weighted by molar-refractivity contribution is 6.36. The molecule has 0 saturated carbocycles. The van der Waals surface area contributed by atoms with E-state index in [0.29, 0.717) is 54.5 Å². The van der Waals surface area contributed by atoms with Gasteiger partial charge in [-0.1, -0.05) is 11.6 Å². The Morgan fingerprint density at radius 1 is 1.28 bits per heavy atom. The zero-order valence-corrected chi connectivity index (χ0v) is 21.5. The van der Waals surface area contributed by atoms with Crippen LogP contribution in [0.25, 0.3) is 11.6 Å². The second-order valence-corrected chi connectivity index (χ2v) is 9.45. The molecule has 202 valence electrons. The first kappa shape index (κ1) is 26.4. The van der Waals surface area contributed by atoms with Gasteiger partial charge in [0.1, 0.15) is 17.3 Å². The van der Waals surface area contributed by atoms with Crippen molar-refractivity contribution in [3.05, 3.63) is 69.9 Å². The van der Waals surface area contributed by atoms with Crippen LogP contribution in [0.3, 0.4) is 0 Å². The molecule has 11 nitrogen and oxygen atoms in total. The topological polar surface area (TPSA) is 152 Å². The van der Waals surface area contributed by atoms with Crippen LogP contribution in [0.4, 0.5) is 21.6 Å². The fourth-order valence-corrected chi connectivity index (χ4v) is 4.98. The molecule has 3 aromatic rings. The molecule has 0 radical (unpaired) electrons. The number of ether oxygens (including phenoxy) is 1. The summed E-state index contributed by atoms with van der Waals surface area (Å²) in [6.45, 7) is 3.12. The number of rotatable bonds is 7. The van der Waals surface area contributed by atoms with Crippen molar-refractivity contribution in [3.63, 3.8) is 0 Å². The van der Waals surface area contributed by atoms with Crippen LogP contribution in [0, 0.1) is 12.7 Å². The number of primary amides is 1. The average molecular weight is 555 g/mol. The molecule has 2 amide bonds. The lowest BCUT2D eigenvalue weighted by Gasteiger charge is -2.34. The van der Waals surface area contributed by atoms with Gasteiger partial charge in [0.15, 0.2) is 6.17 Å². The lowest BCUT2D eigenvalue weighted by Crippen LogP contribution is -2.47. The summed E-state index contributed by atoms with van der Waals surface area (Å²) in [6.07, 6.45) is 1.88. The van der Waals surface area contributed by atoms with Gasteiger partial charge in [0, 0.05) is 30.7 Å². The van der Waals surface area contributed by atoms with Crippen molar-refractivity contribution in [1.29, 1.82) is 0 Å². The van der Waals surface area contributed by atoms with Gasteiger partial charge in [-0.2, -0.15) is 0 Å². The lowest BCUT2D eigenvalue weighted by molar-refractivity contribution is -0.129. The smallest absolute Gasteiger partial charge is 0.352 e. The van der Waals surface area contributed by atoms with E-state index in [2.05, 4.69) is 15.6 Å². The SMILES string of the molecule is Cc1cc(C(=O)O)n(C(C(N)=O)N2CCOCC2)c1C=C1C(=O)Nc2nccc(Nc3ccc(F)c(Cl)c3)c21. The van der Waals surface area contributed by atoms with Gasteiger partial charge in [-0.25, -0.2) is 14.2 Å². The molecular weight excluding hydrogens is 531 g/mol. The number of carboxylic acid groups (broad SMARTS) is 1. The summed E-state index contributed by atoms with van der Waals surface area (Å²) in [5.74, 6) is -2.78. The maximum absolute atomic E-state index is 13.7. The summed E-state index contributed by atoms with van der Waals surface area (Å²) >= 11 is 5.93. The second kappa shape index (κ2) is 10.5.